The van der Waals surface area contributed by atoms with Gasteiger partial charge in [-0.05, 0) is 36.3 Å². The fourth-order valence-corrected chi connectivity index (χ4v) is 4.95. The van der Waals surface area contributed by atoms with Gasteiger partial charge in [0.25, 0.3) is 0 Å². The summed E-state index contributed by atoms with van der Waals surface area (Å²) in [7, 11) is 0. The number of hydrogen-bond donors (Lipinski definition) is 1. The lowest BCUT2D eigenvalue weighted by Gasteiger charge is -2.28. The van der Waals surface area contributed by atoms with E-state index < -0.39 is 12.0 Å². The molecule has 1 aromatic heterocycles. The minimum atomic E-state index is -0.889. The largest absolute Gasteiger partial charge is 0.480 e. The van der Waals surface area contributed by atoms with Crippen molar-refractivity contribution in [3.63, 3.8) is 0 Å². The van der Waals surface area contributed by atoms with Gasteiger partial charge in [0.1, 0.15) is 6.04 Å². The van der Waals surface area contributed by atoms with Crippen LogP contribution in [0.4, 0.5) is 0 Å². The van der Waals surface area contributed by atoms with Crippen molar-refractivity contribution in [3.8, 4) is 0 Å². The SMILES string of the molecule is O=C(O)[C@@H]1CSCN1C(=O)C1CCCc2sccc21. The van der Waals surface area contributed by atoms with E-state index in [0.717, 1.165) is 24.8 Å². The van der Waals surface area contributed by atoms with Crippen molar-refractivity contribution < 1.29 is 14.7 Å². The molecule has 0 bridgehead atoms. The number of aryl methyl sites for hydroxylation is 1. The molecule has 1 aromatic rings. The van der Waals surface area contributed by atoms with E-state index in [1.165, 1.54) is 16.6 Å². The minimum absolute atomic E-state index is 0.00301. The number of thiophene rings is 1. The standard InChI is InChI=1S/C13H15NO3S2/c15-12(14-7-18-6-10(14)13(16)17)9-2-1-3-11-8(9)4-5-19-11/h4-5,9-10H,1-3,6-7H2,(H,16,17)/t9?,10-/m0/s1. The average Bonchev–Trinajstić information content (AvgIpc) is 3.05. The van der Waals surface area contributed by atoms with Gasteiger partial charge in [0.05, 0.1) is 11.8 Å². The summed E-state index contributed by atoms with van der Waals surface area (Å²) >= 11 is 3.23. The number of carbonyl (C=O) groups excluding carboxylic acids is 1. The molecule has 0 aromatic carbocycles. The van der Waals surface area contributed by atoms with Gasteiger partial charge >= 0.3 is 5.97 Å². The second kappa shape index (κ2) is 5.17. The number of thioether (sulfide) groups is 1. The molecule has 1 aliphatic heterocycles. The number of carbonyl (C=O) groups is 2. The number of hydrogen-bond acceptors (Lipinski definition) is 4. The number of carboxylic acid groups (broad SMARTS) is 1. The Kier molecular flexibility index (Phi) is 3.54. The number of nitrogens with zero attached hydrogens (tertiary/aromatic N) is 1. The maximum Gasteiger partial charge on any atom is 0.327 e. The number of rotatable bonds is 2. The highest BCUT2D eigenvalue weighted by atomic mass is 32.2. The molecule has 2 aliphatic rings. The molecule has 102 valence electrons. The fourth-order valence-electron chi connectivity index (χ4n) is 2.81. The van der Waals surface area contributed by atoms with Crippen LogP contribution >= 0.6 is 23.1 Å². The number of fused-ring (bicyclic) bond motifs is 1. The predicted octanol–water partition coefficient (Wildman–Crippen LogP) is 2.15. The number of aliphatic carboxylic acids is 1. The first-order chi connectivity index (χ1) is 9.18. The highest BCUT2D eigenvalue weighted by molar-refractivity contribution is 7.99. The van der Waals surface area contributed by atoms with Crippen LogP contribution in [0, 0.1) is 0 Å². The molecule has 0 spiro atoms. The monoisotopic (exact) mass is 297 g/mol. The molecule has 0 radical (unpaired) electrons. The third-order valence-electron chi connectivity index (χ3n) is 3.80. The summed E-state index contributed by atoms with van der Waals surface area (Å²) in [6.45, 7) is 0. The molecule has 1 unspecified atom stereocenters. The van der Waals surface area contributed by atoms with E-state index >= 15 is 0 Å². The molecule has 0 saturated carbocycles. The first-order valence-electron chi connectivity index (χ1n) is 6.36. The molecule has 1 N–H and O–H groups in total. The van der Waals surface area contributed by atoms with Crippen molar-refractivity contribution in [2.24, 2.45) is 0 Å². The quantitative estimate of drug-likeness (QED) is 0.909. The first kappa shape index (κ1) is 13.0. The van der Waals surface area contributed by atoms with E-state index in [9.17, 15) is 14.7 Å². The van der Waals surface area contributed by atoms with E-state index in [4.69, 9.17) is 0 Å². The molecule has 4 nitrogen and oxygen atoms in total. The molecular formula is C13H15NO3S2. The van der Waals surface area contributed by atoms with Crippen molar-refractivity contribution in [1.29, 1.82) is 0 Å². The van der Waals surface area contributed by atoms with Crippen molar-refractivity contribution >= 4 is 35.0 Å². The third kappa shape index (κ3) is 2.27. The lowest BCUT2D eigenvalue weighted by molar-refractivity contribution is -0.148. The van der Waals surface area contributed by atoms with Crippen LogP contribution in [0.1, 0.15) is 29.2 Å². The van der Waals surface area contributed by atoms with Crippen molar-refractivity contribution in [1.82, 2.24) is 4.90 Å². The van der Waals surface area contributed by atoms with Gasteiger partial charge in [0.15, 0.2) is 0 Å². The van der Waals surface area contributed by atoms with Gasteiger partial charge < -0.3 is 10.0 Å². The van der Waals surface area contributed by atoms with Gasteiger partial charge in [-0.1, -0.05) is 0 Å². The van der Waals surface area contributed by atoms with Crippen LogP contribution in [-0.2, 0) is 16.0 Å². The van der Waals surface area contributed by atoms with E-state index in [2.05, 4.69) is 0 Å². The molecule has 6 heteroatoms. The van der Waals surface area contributed by atoms with Crippen LogP contribution in [0.2, 0.25) is 0 Å². The molecule has 1 aliphatic carbocycles. The van der Waals surface area contributed by atoms with Crippen LogP contribution in [0.15, 0.2) is 11.4 Å². The van der Waals surface area contributed by atoms with Gasteiger partial charge in [-0.2, -0.15) is 0 Å². The van der Waals surface area contributed by atoms with Crippen LogP contribution in [-0.4, -0.2) is 39.6 Å². The minimum Gasteiger partial charge on any atom is -0.480 e. The lowest BCUT2D eigenvalue weighted by atomic mass is 9.86. The van der Waals surface area contributed by atoms with E-state index in [1.807, 2.05) is 11.4 Å². The molecule has 1 amide bonds. The third-order valence-corrected chi connectivity index (χ3v) is 5.81. The van der Waals surface area contributed by atoms with Crippen molar-refractivity contribution in [3.05, 3.63) is 21.9 Å². The molecule has 19 heavy (non-hydrogen) atoms. The van der Waals surface area contributed by atoms with Crippen molar-refractivity contribution in [2.75, 3.05) is 11.6 Å². The Hall–Kier alpha value is -1.01. The van der Waals surface area contributed by atoms with Crippen molar-refractivity contribution in [2.45, 2.75) is 31.2 Å². The smallest absolute Gasteiger partial charge is 0.327 e. The number of amides is 1. The summed E-state index contributed by atoms with van der Waals surface area (Å²) in [6, 6.07) is 1.38. The van der Waals surface area contributed by atoms with E-state index in [1.54, 1.807) is 16.2 Å². The Morgan fingerprint density at radius 1 is 1.42 bits per heavy atom. The second-order valence-electron chi connectivity index (χ2n) is 4.91. The van der Waals surface area contributed by atoms with Gasteiger partial charge in [-0.25, -0.2) is 4.79 Å². The zero-order chi connectivity index (χ0) is 13.4. The summed E-state index contributed by atoms with van der Waals surface area (Å²) in [4.78, 5) is 26.7. The summed E-state index contributed by atoms with van der Waals surface area (Å²) in [5.74, 6) is -0.0113. The second-order valence-corrected chi connectivity index (χ2v) is 6.91. The molecular weight excluding hydrogens is 282 g/mol. The molecule has 2 heterocycles. The Balaban J connectivity index is 1.84. The van der Waals surface area contributed by atoms with Crippen LogP contribution in [0.3, 0.4) is 0 Å². The zero-order valence-electron chi connectivity index (χ0n) is 10.4. The van der Waals surface area contributed by atoms with Gasteiger partial charge in [-0.3, -0.25) is 4.79 Å². The van der Waals surface area contributed by atoms with Gasteiger partial charge in [-0.15, -0.1) is 23.1 Å². The van der Waals surface area contributed by atoms with Crippen LogP contribution < -0.4 is 0 Å². The van der Waals surface area contributed by atoms with Gasteiger partial charge in [0.2, 0.25) is 5.91 Å². The molecule has 3 rings (SSSR count). The van der Waals surface area contributed by atoms with E-state index in [0.29, 0.717) is 11.6 Å². The molecule has 1 fully saturated rings. The summed E-state index contributed by atoms with van der Waals surface area (Å²) in [5, 5.41) is 11.2. The maximum atomic E-state index is 12.6. The zero-order valence-corrected chi connectivity index (χ0v) is 12.0. The lowest BCUT2D eigenvalue weighted by Crippen LogP contribution is -2.44. The first-order valence-corrected chi connectivity index (χ1v) is 8.39. The van der Waals surface area contributed by atoms with E-state index in [-0.39, 0.29) is 11.8 Å². The highest BCUT2D eigenvalue weighted by Gasteiger charge is 2.39. The Bertz CT molecular complexity index is 514. The van der Waals surface area contributed by atoms with Crippen LogP contribution in [0.25, 0.3) is 0 Å². The fraction of sp³-hybridized carbons (Fsp3) is 0.538. The van der Waals surface area contributed by atoms with Gasteiger partial charge in [0, 0.05) is 10.6 Å². The summed E-state index contributed by atoms with van der Waals surface area (Å²) in [6.07, 6.45) is 2.91. The normalized spacial score (nSPS) is 26.2. The molecule has 1 saturated heterocycles. The number of carboxylic acids is 1. The average molecular weight is 297 g/mol. The Morgan fingerprint density at radius 2 is 2.26 bits per heavy atom. The topological polar surface area (TPSA) is 57.6 Å². The Morgan fingerprint density at radius 3 is 3.05 bits per heavy atom. The maximum absolute atomic E-state index is 12.6. The summed E-state index contributed by atoms with van der Waals surface area (Å²) in [5.41, 5.74) is 1.13. The summed E-state index contributed by atoms with van der Waals surface area (Å²) < 4.78 is 0. The highest BCUT2D eigenvalue weighted by Crippen LogP contribution is 2.37. The van der Waals surface area contributed by atoms with Crippen LogP contribution in [0.5, 0.6) is 0 Å². The Labute approximate surface area is 119 Å². The predicted molar refractivity (Wildman–Crippen MR) is 75.6 cm³/mol. The molecule has 2 atom stereocenters.